The Hall–Kier alpha value is -8.81. The molecule has 14 aromatic rings. The van der Waals surface area contributed by atoms with Gasteiger partial charge in [-0.15, -0.1) is 0 Å². The summed E-state index contributed by atoms with van der Waals surface area (Å²) in [4.78, 5) is 14.4. The smallest absolute Gasteiger partial charge is 0.240 e. The highest BCUT2D eigenvalue weighted by atomic mass is 15.3. The van der Waals surface area contributed by atoms with Gasteiger partial charge in [0.05, 0.1) is 96.4 Å². The summed E-state index contributed by atoms with van der Waals surface area (Å²) in [7, 11) is 0. The lowest BCUT2D eigenvalue weighted by Crippen LogP contribution is -2.11. The van der Waals surface area contributed by atoms with Crippen LogP contribution in [0.5, 0.6) is 0 Å². The van der Waals surface area contributed by atoms with Crippen molar-refractivity contribution in [3.05, 3.63) is 212 Å². The second kappa shape index (κ2) is 13.3. The fourth-order valence-electron chi connectivity index (χ4n) is 8.17. The van der Waals surface area contributed by atoms with Crippen LogP contribution >= 0.6 is 0 Å². The molecule has 64 heavy (non-hydrogen) atoms. The molecule has 298 valence electrons. The largest absolute Gasteiger partial charge is 0.309 e. The summed E-state index contributed by atoms with van der Waals surface area (Å²) >= 11 is 0. The summed E-state index contributed by atoms with van der Waals surface area (Å²) in [5.41, 5.74) is -8.07. The lowest BCUT2D eigenvalue weighted by Gasteiger charge is -2.17. The first kappa shape index (κ1) is 15.5. The van der Waals surface area contributed by atoms with Crippen molar-refractivity contribution in [1.29, 1.82) is 0 Å². The Morgan fingerprint density at radius 3 is 1.03 bits per heavy atom. The van der Waals surface area contributed by atoms with E-state index in [0.29, 0.717) is 9.13 Å². The Labute approximate surface area is 413 Å². The molecule has 0 radical (unpaired) electrons. The Balaban J connectivity index is 1.35. The van der Waals surface area contributed by atoms with Gasteiger partial charge >= 0.3 is 0 Å². The lowest BCUT2D eigenvalue weighted by molar-refractivity contribution is 0.892. The summed E-state index contributed by atoms with van der Waals surface area (Å²) in [6.07, 6.45) is 0. The molecule has 0 fully saturated rings. The highest BCUT2D eigenvalue weighted by Crippen LogP contribution is 2.42. The number of nitrogens with zero attached hydrogens (tertiary/aromatic N) is 7. The zero-order chi connectivity index (χ0) is 71.5. The van der Waals surface area contributed by atoms with Crippen molar-refractivity contribution in [2.45, 2.75) is 0 Å². The molecule has 7 heteroatoms. The molecule has 0 spiro atoms. The van der Waals surface area contributed by atoms with E-state index in [1.54, 1.807) is 0 Å². The minimum atomic E-state index is -1.09. The second-order valence-corrected chi connectivity index (χ2v) is 13.9. The summed E-state index contributed by atoms with van der Waals surface area (Å²) in [6, 6.07) is -31.6. The van der Waals surface area contributed by atoms with Crippen LogP contribution in [0.3, 0.4) is 0 Å². The van der Waals surface area contributed by atoms with E-state index in [0.717, 1.165) is 15.2 Å². The third-order valence-electron chi connectivity index (χ3n) is 10.7. The van der Waals surface area contributed by atoms with Crippen molar-refractivity contribution in [3.8, 4) is 34.7 Å². The van der Waals surface area contributed by atoms with Gasteiger partial charge in [0, 0.05) is 54.3 Å². The van der Waals surface area contributed by atoms with Crippen LogP contribution in [-0.2, 0) is 0 Å². The molecule has 0 amide bonds. The van der Waals surface area contributed by atoms with Gasteiger partial charge < -0.3 is 9.13 Å². The van der Waals surface area contributed by atoms with Crippen LogP contribution in [0.15, 0.2) is 212 Å². The van der Waals surface area contributed by atoms with Gasteiger partial charge in [0.2, 0.25) is 11.9 Å². The molecule has 0 bridgehead atoms. The molecule has 0 aliphatic carbocycles. The predicted octanol–water partition coefficient (Wildman–Crippen LogP) is 13.9. The maximum absolute atomic E-state index is 10.8. The molecular weight excluding hydrogens is 783 g/mol. The average Bonchev–Trinajstić information content (AvgIpc) is 1.55. The third kappa shape index (κ3) is 4.89. The van der Waals surface area contributed by atoms with Gasteiger partial charge in [-0.3, -0.25) is 9.13 Å². The molecule has 7 nitrogen and oxygen atoms in total. The molecule has 0 aliphatic heterocycles. The molecule has 5 aromatic heterocycles. The summed E-state index contributed by atoms with van der Waals surface area (Å²) in [5.74, 6) is -3.12. The summed E-state index contributed by atoms with van der Waals surface area (Å²) in [5, 5.41) is -4.89. The molecule has 0 saturated heterocycles. The number of rotatable bonds is 5. The topological polar surface area (TPSA) is 58.4 Å². The number of hydrogen-bond acceptors (Lipinski definition) is 3. The molecule has 9 aromatic carbocycles. The summed E-state index contributed by atoms with van der Waals surface area (Å²) < 4.78 is 316. The van der Waals surface area contributed by atoms with Crippen LogP contribution in [0.4, 0.5) is 0 Å². The van der Waals surface area contributed by atoms with Crippen LogP contribution < -0.4 is 0 Å². The molecule has 0 unspecified atom stereocenters. The van der Waals surface area contributed by atoms with Gasteiger partial charge in [-0.05, 0) is 66.5 Å². The Morgan fingerprint density at radius 1 is 0.297 bits per heavy atom. The quantitative estimate of drug-likeness (QED) is 0.173. The van der Waals surface area contributed by atoms with Crippen molar-refractivity contribution in [3.63, 3.8) is 0 Å². The Kier molecular flexibility index (Phi) is 3.24. The van der Waals surface area contributed by atoms with Crippen molar-refractivity contribution < 1.29 is 46.6 Å². The predicted molar refractivity (Wildman–Crippen MR) is 263 cm³/mol. The maximum atomic E-state index is 10.8. The second-order valence-electron chi connectivity index (χ2n) is 13.9. The van der Waals surface area contributed by atoms with E-state index in [1.807, 2.05) is 0 Å². The van der Waals surface area contributed by atoms with Crippen molar-refractivity contribution in [1.82, 2.24) is 33.2 Å². The zero-order valence-electron chi connectivity index (χ0n) is 65.7. The van der Waals surface area contributed by atoms with Crippen molar-refractivity contribution in [2.75, 3.05) is 0 Å². The molecule has 14 rings (SSSR count). The first-order valence-electron chi connectivity index (χ1n) is 35.9. The van der Waals surface area contributed by atoms with Crippen LogP contribution in [0, 0.1) is 0 Å². The first-order valence-corrected chi connectivity index (χ1v) is 18.9. The normalized spacial score (nSPS) is 19.5. The van der Waals surface area contributed by atoms with Crippen molar-refractivity contribution >= 4 is 87.2 Å². The van der Waals surface area contributed by atoms with Gasteiger partial charge in [-0.1, -0.05) is 145 Å². The molecule has 0 N–H and O–H groups in total. The average molecular weight is 852 g/mol. The molecular formula is C57H35N7. The molecule has 0 saturated carbocycles. The highest BCUT2D eigenvalue weighted by Gasteiger charge is 2.25. The van der Waals surface area contributed by atoms with E-state index < -0.39 is 327 Å². The lowest BCUT2D eigenvalue weighted by atomic mass is 10.1. The molecule has 0 aliphatic rings. The van der Waals surface area contributed by atoms with Gasteiger partial charge in [0.1, 0.15) is 0 Å². The van der Waals surface area contributed by atoms with E-state index in [2.05, 4.69) is 0 Å². The standard InChI is InChI=1S/C57H35N7/c1-2-18-36(19-3-1)61-46-27-11-10-26-43(46)44-34-45(54(35-53(44)61)62-47-28-12-4-20-37(47)38-21-5-13-29-48(38)62)55-58-56(63-49-30-14-6-22-39(49)40-23-7-15-31-50(40)63)60-57(59-55)64-51-32-16-8-24-41(51)42-25-9-17-33-52(42)64/h1-35H/i1D,2D,3D,4D,5D,6D,7D,8D,9D,10D,11D,12D,13D,14D,15D,16D,17D,18D,19D,20D,21D,22D,23D,24D,25D,26D,27D,28D,29D,30D,31D,32D,33D,34D. The molecule has 0 atom stereocenters. The molecule has 5 heterocycles. The fraction of sp³-hybridized carbons (Fsp3) is 0. The summed E-state index contributed by atoms with van der Waals surface area (Å²) in [6.45, 7) is 0. The maximum Gasteiger partial charge on any atom is 0.240 e. The Morgan fingerprint density at radius 2 is 0.625 bits per heavy atom. The first-order chi connectivity index (χ1) is 45.9. The van der Waals surface area contributed by atoms with E-state index in [-0.39, 0.29) is 0 Å². The van der Waals surface area contributed by atoms with E-state index in [4.69, 9.17) is 38.3 Å². The minimum Gasteiger partial charge on any atom is -0.309 e. The van der Waals surface area contributed by atoms with E-state index in [1.165, 1.54) is 0 Å². The van der Waals surface area contributed by atoms with E-state index >= 15 is 0 Å². The van der Waals surface area contributed by atoms with Gasteiger partial charge in [-0.25, -0.2) is 0 Å². The van der Waals surface area contributed by atoms with Crippen LogP contribution in [0.25, 0.3) is 122 Å². The SMILES string of the molecule is [2H]c1c([2H])c([2H])c(-n2c3cc(-n4c5c([2H])c([2H])c([2H])c([2H])c5c5c([2H])c([2H])c([2H])c([2H])c54)c(-c4nc(-n5c6c([2H])c([2H])c([2H])c([2H])c6c6c([2H])c([2H])c([2H])c([2H])c65)nc(-n5c6c([2H])c([2H])c([2H])c([2H])c6c6c([2H])c([2H])c([2H])c([2H])c65)n4)c([2H])c3c3c([2H])c([2H])c([2H])c([2H])c32)c([2H])c1[2H]. The zero-order valence-corrected chi connectivity index (χ0v) is 31.7. The number of hydrogen-bond donors (Lipinski definition) is 0. The van der Waals surface area contributed by atoms with E-state index in [9.17, 15) is 23.3 Å². The van der Waals surface area contributed by atoms with Gasteiger partial charge in [0.25, 0.3) is 0 Å². The van der Waals surface area contributed by atoms with Gasteiger partial charge in [0.15, 0.2) is 5.82 Å². The number of benzene rings is 9. The number of aromatic nitrogens is 7. The highest BCUT2D eigenvalue weighted by molar-refractivity contribution is 6.14. The third-order valence-corrected chi connectivity index (χ3v) is 10.7. The monoisotopic (exact) mass is 852 g/mol. The van der Waals surface area contributed by atoms with Crippen LogP contribution in [-0.4, -0.2) is 33.2 Å². The van der Waals surface area contributed by atoms with Crippen LogP contribution in [0.1, 0.15) is 46.6 Å². The number of fused-ring (bicyclic) bond motifs is 12. The Bertz CT molecular complexity index is 5800. The fourth-order valence-corrected chi connectivity index (χ4v) is 8.17. The number of para-hydroxylation sites is 8. The van der Waals surface area contributed by atoms with Gasteiger partial charge in [-0.2, -0.15) is 15.0 Å². The van der Waals surface area contributed by atoms with Crippen molar-refractivity contribution in [2.24, 2.45) is 0 Å². The van der Waals surface area contributed by atoms with Crippen LogP contribution in [0.2, 0.25) is 0 Å². The minimum absolute atomic E-state index is 0.590.